The third-order valence-electron chi connectivity index (χ3n) is 2.07. The molecule has 0 saturated heterocycles. The van der Waals surface area contributed by atoms with Crippen molar-refractivity contribution in [3.63, 3.8) is 0 Å². The van der Waals surface area contributed by atoms with Crippen LogP contribution in [0.2, 0.25) is 0 Å². The molecule has 0 saturated carbocycles. The molecule has 1 heterocycles. The van der Waals surface area contributed by atoms with Gasteiger partial charge in [-0.1, -0.05) is 0 Å². The van der Waals surface area contributed by atoms with Crippen LogP contribution >= 0.6 is 0 Å². The molecule has 88 valence electrons. The summed E-state index contributed by atoms with van der Waals surface area (Å²) in [5.74, 6) is 5.99. The van der Waals surface area contributed by atoms with Gasteiger partial charge in [-0.05, 0) is 38.5 Å². The van der Waals surface area contributed by atoms with E-state index in [0.717, 1.165) is 5.56 Å². The molecule has 1 aromatic rings. The second kappa shape index (κ2) is 6.07. The molecule has 5 nitrogen and oxygen atoms in total. The van der Waals surface area contributed by atoms with Gasteiger partial charge in [0.05, 0.1) is 6.04 Å². The van der Waals surface area contributed by atoms with Crippen LogP contribution in [0.25, 0.3) is 0 Å². The van der Waals surface area contributed by atoms with Crippen LogP contribution in [0, 0.1) is 0 Å². The van der Waals surface area contributed by atoms with Gasteiger partial charge in [-0.25, -0.2) is 10.8 Å². The van der Waals surface area contributed by atoms with Crippen molar-refractivity contribution in [2.45, 2.75) is 32.9 Å². The highest BCUT2D eigenvalue weighted by Crippen LogP contribution is 2.14. The summed E-state index contributed by atoms with van der Waals surface area (Å²) in [7, 11) is 0. The smallest absolute Gasteiger partial charge is 0.206 e. The topological polar surface area (TPSA) is 75.3 Å². The fraction of sp³-hybridized carbons (Fsp3) is 0.455. The van der Waals surface area contributed by atoms with Crippen LogP contribution < -0.4 is 16.6 Å². The summed E-state index contributed by atoms with van der Waals surface area (Å²) >= 11 is 0. The number of nitrogens with zero attached hydrogens (tertiary/aromatic N) is 2. The van der Waals surface area contributed by atoms with E-state index in [1.807, 2.05) is 32.9 Å². The molecule has 0 aliphatic carbocycles. The van der Waals surface area contributed by atoms with E-state index in [-0.39, 0.29) is 6.04 Å². The van der Waals surface area contributed by atoms with Gasteiger partial charge in [0.25, 0.3) is 0 Å². The molecule has 0 bridgehead atoms. The number of hydrogen-bond donors (Lipinski definition) is 3. The largest absolute Gasteiger partial charge is 0.353 e. The van der Waals surface area contributed by atoms with Crippen LogP contribution in [0.3, 0.4) is 0 Å². The van der Waals surface area contributed by atoms with Gasteiger partial charge in [0.2, 0.25) is 5.96 Å². The van der Waals surface area contributed by atoms with Crippen LogP contribution in [0.5, 0.6) is 0 Å². The Labute approximate surface area is 96.1 Å². The number of hydrazine groups is 1. The number of guanidine groups is 1. The lowest BCUT2D eigenvalue weighted by atomic mass is 10.1. The van der Waals surface area contributed by atoms with Crippen LogP contribution in [-0.2, 0) is 0 Å². The predicted molar refractivity (Wildman–Crippen MR) is 65.7 cm³/mol. The fourth-order valence-corrected chi connectivity index (χ4v) is 1.30. The van der Waals surface area contributed by atoms with E-state index in [1.54, 1.807) is 12.4 Å². The van der Waals surface area contributed by atoms with Crippen LogP contribution in [-0.4, -0.2) is 17.0 Å². The molecule has 0 aliphatic heterocycles. The summed E-state index contributed by atoms with van der Waals surface area (Å²) in [6.07, 6.45) is 3.51. The van der Waals surface area contributed by atoms with E-state index >= 15 is 0 Å². The quantitative estimate of drug-likeness (QED) is 0.307. The third-order valence-corrected chi connectivity index (χ3v) is 2.07. The highest BCUT2D eigenvalue weighted by molar-refractivity contribution is 5.79. The third kappa shape index (κ3) is 3.86. The van der Waals surface area contributed by atoms with Gasteiger partial charge in [-0.2, -0.15) is 0 Å². The fourth-order valence-electron chi connectivity index (χ4n) is 1.30. The molecule has 0 aromatic carbocycles. The first-order valence-electron chi connectivity index (χ1n) is 5.34. The van der Waals surface area contributed by atoms with Gasteiger partial charge < -0.3 is 5.32 Å². The molecular weight excluding hydrogens is 202 g/mol. The number of nitrogens with two attached hydrogens (primary N) is 1. The van der Waals surface area contributed by atoms with Crippen molar-refractivity contribution in [3.05, 3.63) is 30.1 Å². The van der Waals surface area contributed by atoms with Crippen LogP contribution in [0.15, 0.2) is 29.5 Å². The minimum absolute atomic E-state index is 0.0419. The van der Waals surface area contributed by atoms with E-state index in [1.165, 1.54) is 0 Å². The Bertz CT molecular complexity index is 333. The van der Waals surface area contributed by atoms with Crippen molar-refractivity contribution in [3.8, 4) is 0 Å². The minimum atomic E-state index is 0.0419. The van der Waals surface area contributed by atoms with Gasteiger partial charge >= 0.3 is 0 Å². The molecule has 0 amide bonds. The zero-order valence-corrected chi connectivity index (χ0v) is 9.94. The summed E-state index contributed by atoms with van der Waals surface area (Å²) in [4.78, 5) is 8.42. The molecule has 4 N–H and O–H groups in total. The average molecular weight is 221 g/mol. The van der Waals surface area contributed by atoms with Crippen molar-refractivity contribution in [2.24, 2.45) is 10.8 Å². The zero-order valence-electron chi connectivity index (χ0n) is 9.94. The minimum Gasteiger partial charge on any atom is -0.353 e. The Morgan fingerprint density at radius 2 is 1.94 bits per heavy atom. The Hall–Kier alpha value is -1.62. The first-order chi connectivity index (χ1) is 7.63. The maximum absolute atomic E-state index is 5.39. The monoisotopic (exact) mass is 221 g/mol. The maximum atomic E-state index is 5.39. The second-order valence-electron chi connectivity index (χ2n) is 3.88. The van der Waals surface area contributed by atoms with Crippen molar-refractivity contribution >= 4 is 5.96 Å². The van der Waals surface area contributed by atoms with E-state index < -0.39 is 0 Å². The Morgan fingerprint density at radius 1 is 1.31 bits per heavy atom. The van der Waals surface area contributed by atoms with E-state index in [4.69, 9.17) is 5.84 Å². The van der Waals surface area contributed by atoms with Crippen molar-refractivity contribution in [2.75, 3.05) is 0 Å². The lowest BCUT2D eigenvalue weighted by Gasteiger charge is -2.14. The standard InChI is InChI=1S/C11H19N5/c1-8(2)14-11(16-12)15-9(3)10-4-6-13-7-5-10/h4-9H,12H2,1-3H3,(H2,14,15,16). The van der Waals surface area contributed by atoms with Gasteiger partial charge in [0, 0.05) is 18.4 Å². The summed E-state index contributed by atoms with van der Waals surface area (Å²) in [5, 5.41) is 3.13. The zero-order chi connectivity index (χ0) is 12.0. The SMILES string of the molecule is CC(C)NC(=NC(C)c1ccncc1)NN. The lowest BCUT2D eigenvalue weighted by Crippen LogP contribution is -2.44. The van der Waals surface area contributed by atoms with E-state index in [9.17, 15) is 0 Å². The first-order valence-corrected chi connectivity index (χ1v) is 5.34. The summed E-state index contributed by atoms with van der Waals surface area (Å²) in [6.45, 7) is 6.07. The Balaban J connectivity index is 2.73. The maximum Gasteiger partial charge on any atom is 0.206 e. The first kappa shape index (κ1) is 12.4. The summed E-state index contributed by atoms with van der Waals surface area (Å²) in [6, 6.07) is 4.22. The average Bonchev–Trinajstić information content (AvgIpc) is 2.28. The molecule has 5 heteroatoms. The van der Waals surface area contributed by atoms with Crippen molar-refractivity contribution in [1.29, 1.82) is 0 Å². The van der Waals surface area contributed by atoms with Crippen molar-refractivity contribution < 1.29 is 0 Å². The number of aromatic nitrogens is 1. The van der Waals surface area contributed by atoms with Gasteiger partial charge in [0.1, 0.15) is 0 Å². The number of rotatable bonds is 3. The highest BCUT2D eigenvalue weighted by atomic mass is 15.3. The normalized spacial score (nSPS) is 13.7. The van der Waals surface area contributed by atoms with Crippen molar-refractivity contribution in [1.82, 2.24) is 15.7 Å². The molecule has 1 aromatic heterocycles. The Morgan fingerprint density at radius 3 is 2.44 bits per heavy atom. The number of pyridine rings is 1. The highest BCUT2D eigenvalue weighted by Gasteiger charge is 2.05. The van der Waals surface area contributed by atoms with Crippen LogP contribution in [0.4, 0.5) is 0 Å². The Kier molecular flexibility index (Phi) is 4.72. The summed E-state index contributed by atoms with van der Waals surface area (Å²) in [5.41, 5.74) is 3.66. The molecule has 0 aliphatic rings. The molecule has 1 unspecified atom stereocenters. The number of aliphatic imine (C=N–C) groups is 1. The molecule has 0 radical (unpaired) electrons. The van der Waals surface area contributed by atoms with E-state index in [0.29, 0.717) is 12.0 Å². The van der Waals surface area contributed by atoms with Gasteiger partial charge in [0.15, 0.2) is 0 Å². The van der Waals surface area contributed by atoms with Gasteiger partial charge in [-0.15, -0.1) is 0 Å². The second-order valence-corrected chi connectivity index (χ2v) is 3.88. The molecule has 0 fully saturated rings. The lowest BCUT2D eigenvalue weighted by molar-refractivity contribution is 0.688. The molecule has 1 atom stereocenters. The molecular formula is C11H19N5. The molecule has 1 rings (SSSR count). The van der Waals surface area contributed by atoms with E-state index in [2.05, 4.69) is 20.7 Å². The van der Waals surface area contributed by atoms with Gasteiger partial charge in [-0.3, -0.25) is 10.4 Å². The van der Waals surface area contributed by atoms with Crippen LogP contribution in [0.1, 0.15) is 32.4 Å². The number of nitrogens with one attached hydrogen (secondary N) is 2. The predicted octanol–water partition coefficient (Wildman–Crippen LogP) is 0.960. The molecule has 0 spiro atoms. The number of hydrogen-bond acceptors (Lipinski definition) is 3. The molecule has 16 heavy (non-hydrogen) atoms. The summed E-state index contributed by atoms with van der Waals surface area (Å²) < 4.78 is 0.